The topological polar surface area (TPSA) is 80.9 Å². The van der Waals surface area contributed by atoms with Gasteiger partial charge in [0.25, 0.3) is 0 Å². The second kappa shape index (κ2) is 7.74. The van der Waals surface area contributed by atoms with E-state index >= 15 is 0 Å². The second-order valence-corrected chi connectivity index (χ2v) is 6.29. The number of benzene rings is 1. The lowest BCUT2D eigenvalue weighted by molar-refractivity contribution is -0.115. The number of nitrogens with one attached hydrogen (secondary N) is 1. The Morgan fingerprint density at radius 3 is 2.58 bits per heavy atom. The molecule has 0 saturated carbocycles. The van der Waals surface area contributed by atoms with Crippen LogP contribution in [-0.2, 0) is 11.2 Å². The highest BCUT2D eigenvalue weighted by Gasteiger charge is 2.11. The normalized spacial score (nSPS) is 10.5. The molecule has 2 aromatic heterocycles. The van der Waals surface area contributed by atoms with Gasteiger partial charge in [-0.3, -0.25) is 15.1 Å². The average molecular weight is 340 g/mol. The maximum atomic E-state index is 12.1. The van der Waals surface area contributed by atoms with Crippen molar-refractivity contribution >= 4 is 23.7 Å². The third-order valence-electron chi connectivity index (χ3n) is 3.20. The molecule has 7 heteroatoms. The first-order valence-corrected chi connectivity index (χ1v) is 8.48. The van der Waals surface area contributed by atoms with Crippen molar-refractivity contribution in [3.8, 4) is 11.5 Å². The molecule has 0 unspecified atom stereocenters. The number of thioether (sulfide) groups is 1. The first-order valence-electron chi connectivity index (χ1n) is 7.50. The Labute approximate surface area is 143 Å². The number of amides is 1. The maximum Gasteiger partial charge on any atom is 0.322 e. The summed E-state index contributed by atoms with van der Waals surface area (Å²) in [6.45, 7) is 2.11. The molecule has 0 radical (unpaired) electrons. The van der Waals surface area contributed by atoms with Crippen molar-refractivity contribution in [1.82, 2.24) is 15.2 Å². The van der Waals surface area contributed by atoms with Crippen LogP contribution >= 0.6 is 11.8 Å². The highest BCUT2D eigenvalue weighted by atomic mass is 32.2. The van der Waals surface area contributed by atoms with Crippen LogP contribution in [0.2, 0.25) is 0 Å². The second-order valence-electron chi connectivity index (χ2n) is 4.95. The van der Waals surface area contributed by atoms with Crippen LogP contribution in [0, 0.1) is 0 Å². The van der Waals surface area contributed by atoms with Crippen molar-refractivity contribution in [2.75, 3.05) is 11.1 Å². The molecule has 3 aromatic rings. The molecule has 24 heavy (non-hydrogen) atoms. The Kier molecular flexibility index (Phi) is 5.22. The third kappa shape index (κ3) is 4.20. The summed E-state index contributed by atoms with van der Waals surface area (Å²) in [5, 5.41) is 10.4. The van der Waals surface area contributed by atoms with Gasteiger partial charge in [0.15, 0.2) is 0 Å². The van der Waals surface area contributed by atoms with Gasteiger partial charge >= 0.3 is 6.01 Å². The van der Waals surface area contributed by atoms with Gasteiger partial charge < -0.3 is 4.42 Å². The van der Waals surface area contributed by atoms with Crippen LogP contribution in [0.5, 0.6) is 0 Å². The van der Waals surface area contributed by atoms with E-state index in [9.17, 15) is 4.79 Å². The molecule has 1 amide bonds. The summed E-state index contributed by atoms with van der Waals surface area (Å²) in [4.78, 5) is 17.2. The van der Waals surface area contributed by atoms with Gasteiger partial charge in [-0.15, -0.1) is 16.9 Å². The molecule has 1 aromatic carbocycles. The number of rotatable bonds is 6. The Morgan fingerprint density at radius 1 is 1.12 bits per heavy atom. The molecule has 0 saturated heterocycles. The minimum Gasteiger partial charge on any atom is -0.403 e. The van der Waals surface area contributed by atoms with Crippen molar-refractivity contribution in [1.29, 1.82) is 0 Å². The van der Waals surface area contributed by atoms with E-state index < -0.39 is 0 Å². The van der Waals surface area contributed by atoms with Crippen LogP contribution in [0.15, 0.2) is 58.1 Å². The molecule has 0 aliphatic heterocycles. The molecule has 3 rings (SSSR count). The molecule has 0 aliphatic carbocycles. The number of hydrogen-bond donors (Lipinski definition) is 1. The monoisotopic (exact) mass is 340 g/mol. The van der Waals surface area contributed by atoms with Crippen molar-refractivity contribution in [3.63, 3.8) is 0 Å². The standard InChI is InChI=1S/C17H16N4O2S/c1-2-24-14-5-3-12(4-6-14)11-15(22)19-17-21-20-16(23-17)13-7-9-18-10-8-13/h3-10H,2,11H2,1H3,(H,19,21,22). The highest BCUT2D eigenvalue weighted by molar-refractivity contribution is 7.99. The van der Waals surface area contributed by atoms with Crippen LogP contribution < -0.4 is 5.32 Å². The molecule has 0 atom stereocenters. The van der Waals surface area contributed by atoms with E-state index in [4.69, 9.17) is 4.42 Å². The van der Waals surface area contributed by atoms with Crippen molar-refractivity contribution < 1.29 is 9.21 Å². The van der Waals surface area contributed by atoms with E-state index in [2.05, 4.69) is 27.4 Å². The summed E-state index contributed by atoms with van der Waals surface area (Å²) in [5.41, 5.74) is 1.68. The Balaban J connectivity index is 1.60. The summed E-state index contributed by atoms with van der Waals surface area (Å²) in [6.07, 6.45) is 3.53. The van der Waals surface area contributed by atoms with Crippen LogP contribution in [0.4, 0.5) is 6.01 Å². The largest absolute Gasteiger partial charge is 0.403 e. The number of hydrogen-bond acceptors (Lipinski definition) is 6. The molecule has 122 valence electrons. The summed E-state index contributed by atoms with van der Waals surface area (Å²) >= 11 is 1.77. The number of nitrogens with zero attached hydrogens (tertiary/aromatic N) is 3. The first-order chi connectivity index (χ1) is 11.7. The lowest BCUT2D eigenvalue weighted by atomic mass is 10.1. The van der Waals surface area contributed by atoms with Gasteiger partial charge in [0.1, 0.15) is 0 Å². The van der Waals surface area contributed by atoms with E-state index in [0.29, 0.717) is 5.89 Å². The average Bonchev–Trinajstić information content (AvgIpc) is 3.06. The fraction of sp³-hybridized carbons (Fsp3) is 0.176. The van der Waals surface area contributed by atoms with Gasteiger partial charge in [0, 0.05) is 22.9 Å². The lowest BCUT2D eigenvalue weighted by Crippen LogP contribution is -2.14. The van der Waals surface area contributed by atoms with Crippen molar-refractivity contribution in [2.24, 2.45) is 0 Å². The molecule has 2 heterocycles. The quantitative estimate of drug-likeness (QED) is 0.693. The molecule has 0 spiro atoms. The Hall–Kier alpha value is -2.67. The van der Waals surface area contributed by atoms with Crippen molar-refractivity contribution in [2.45, 2.75) is 18.2 Å². The molecule has 0 fully saturated rings. The predicted octanol–water partition coefficient (Wildman–Crippen LogP) is 3.42. The van der Waals surface area contributed by atoms with Gasteiger partial charge in [-0.1, -0.05) is 24.2 Å². The summed E-state index contributed by atoms with van der Waals surface area (Å²) in [5.74, 6) is 1.17. The minimum atomic E-state index is -0.198. The van der Waals surface area contributed by atoms with Crippen LogP contribution in [0.3, 0.4) is 0 Å². The Bertz CT molecular complexity index is 803. The van der Waals surface area contributed by atoms with E-state index in [1.807, 2.05) is 24.3 Å². The Morgan fingerprint density at radius 2 is 1.88 bits per heavy atom. The van der Waals surface area contributed by atoms with Gasteiger partial charge in [0.05, 0.1) is 6.42 Å². The van der Waals surface area contributed by atoms with Crippen LogP contribution in [0.1, 0.15) is 12.5 Å². The van der Waals surface area contributed by atoms with Crippen molar-refractivity contribution in [3.05, 3.63) is 54.4 Å². The number of aromatic nitrogens is 3. The van der Waals surface area contributed by atoms with Gasteiger partial charge in [-0.25, -0.2) is 0 Å². The predicted molar refractivity (Wildman–Crippen MR) is 92.7 cm³/mol. The molecular formula is C17H16N4O2S. The summed E-state index contributed by atoms with van der Waals surface area (Å²) < 4.78 is 5.44. The molecule has 6 nitrogen and oxygen atoms in total. The SMILES string of the molecule is CCSc1ccc(CC(=O)Nc2nnc(-c3ccncc3)o2)cc1. The van der Waals surface area contributed by atoms with E-state index in [1.165, 1.54) is 4.90 Å². The van der Waals surface area contributed by atoms with E-state index in [1.54, 1.807) is 36.3 Å². The number of carbonyl (C=O) groups is 1. The van der Waals surface area contributed by atoms with Crippen LogP contribution in [0.25, 0.3) is 11.5 Å². The molecular weight excluding hydrogens is 324 g/mol. The lowest BCUT2D eigenvalue weighted by Gasteiger charge is -2.03. The maximum absolute atomic E-state index is 12.1. The zero-order valence-electron chi connectivity index (χ0n) is 13.1. The minimum absolute atomic E-state index is 0.0879. The zero-order chi connectivity index (χ0) is 16.8. The number of anilines is 1. The van der Waals surface area contributed by atoms with Gasteiger partial charge in [0.2, 0.25) is 11.8 Å². The zero-order valence-corrected chi connectivity index (χ0v) is 13.9. The smallest absolute Gasteiger partial charge is 0.322 e. The molecule has 0 aliphatic rings. The summed E-state index contributed by atoms with van der Waals surface area (Å²) in [6, 6.07) is 11.5. The third-order valence-corrected chi connectivity index (χ3v) is 4.09. The molecule has 0 bridgehead atoms. The summed E-state index contributed by atoms with van der Waals surface area (Å²) in [7, 11) is 0. The fourth-order valence-electron chi connectivity index (χ4n) is 2.10. The first kappa shape index (κ1) is 16.2. The number of carbonyl (C=O) groups excluding carboxylic acids is 1. The van der Waals surface area contributed by atoms with E-state index in [-0.39, 0.29) is 18.3 Å². The van der Waals surface area contributed by atoms with Crippen LogP contribution in [-0.4, -0.2) is 26.8 Å². The van der Waals surface area contributed by atoms with Gasteiger partial charge in [-0.05, 0) is 35.6 Å². The highest BCUT2D eigenvalue weighted by Crippen LogP contribution is 2.20. The van der Waals surface area contributed by atoms with Gasteiger partial charge in [-0.2, -0.15) is 0 Å². The molecule has 1 N–H and O–H groups in total. The van der Waals surface area contributed by atoms with E-state index in [0.717, 1.165) is 16.9 Å². The number of pyridine rings is 1. The fourth-order valence-corrected chi connectivity index (χ4v) is 2.77.